The summed E-state index contributed by atoms with van der Waals surface area (Å²) in [6, 6.07) is 8.18. The molecule has 0 radical (unpaired) electrons. The van der Waals surface area contributed by atoms with Crippen molar-refractivity contribution in [3.63, 3.8) is 0 Å². The Balaban J connectivity index is 1.72. The number of benzene rings is 1. The number of ether oxygens (including phenoxy) is 2. The molecule has 34 heavy (non-hydrogen) atoms. The highest BCUT2D eigenvalue weighted by atomic mass is 32.2. The number of esters is 2. The van der Waals surface area contributed by atoms with Gasteiger partial charge in [0.2, 0.25) is 5.91 Å². The molecule has 0 aliphatic heterocycles. The SMILES string of the molecule is C=CCn1c(Cc2cccn2C)nnc1SCC(=O)Nc1cc(C(=O)OC)cc(C(=O)OC)c1. The molecular formula is C23H25N5O5S. The van der Waals surface area contributed by atoms with E-state index in [-0.39, 0.29) is 28.5 Å². The second-order valence-corrected chi connectivity index (χ2v) is 8.15. The number of allylic oxidation sites excluding steroid dienone is 1. The molecule has 0 saturated heterocycles. The lowest BCUT2D eigenvalue weighted by molar-refractivity contribution is -0.113. The lowest BCUT2D eigenvalue weighted by Gasteiger charge is -2.10. The molecule has 10 nitrogen and oxygen atoms in total. The molecule has 3 aromatic rings. The highest BCUT2D eigenvalue weighted by Gasteiger charge is 2.17. The van der Waals surface area contributed by atoms with Gasteiger partial charge in [-0.25, -0.2) is 9.59 Å². The third-order valence-electron chi connectivity index (χ3n) is 4.89. The van der Waals surface area contributed by atoms with Gasteiger partial charge in [0.15, 0.2) is 5.16 Å². The van der Waals surface area contributed by atoms with E-state index in [2.05, 4.69) is 22.1 Å². The number of carbonyl (C=O) groups excluding carboxylic acids is 3. The third-order valence-corrected chi connectivity index (χ3v) is 5.85. The van der Waals surface area contributed by atoms with Gasteiger partial charge >= 0.3 is 11.9 Å². The van der Waals surface area contributed by atoms with Gasteiger partial charge in [-0.3, -0.25) is 4.79 Å². The predicted octanol–water partition coefficient (Wildman–Crippen LogP) is 2.70. The highest BCUT2D eigenvalue weighted by Crippen LogP contribution is 2.21. The number of nitrogens with zero attached hydrogens (tertiary/aromatic N) is 4. The number of hydrogen-bond acceptors (Lipinski definition) is 8. The molecule has 0 aliphatic carbocycles. The van der Waals surface area contributed by atoms with Crippen LogP contribution in [0, 0.1) is 0 Å². The second kappa shape index (κ2) is 11.3. The fourth-order valence-electron chi connectivity index (χ4n) is 3.21. The summed E-state index contributed by atoms with van der Waals surface area (Å²) in [6.45, 7) is 4.30. The molecule has 1 N–H and O–H groups in total. The molecule has 0 bridgehead atoms. The molecule has 0 unspecified atom stereocenters. The molecule has 1 amide bonds. The number of amides is 1. The summed E-state index contributed by atoms with van der Waals surface area (Å²) >= 11 is 1.22. The van der Waals surface area contributed by atoms with Crippen LogP contribution >= 0.6 is 11.8 Å². The average molecular weight is 484 g/mol. The number of rotatable bonds is 10. The Kier molecular flexibility index (Phi) is 8.25. The minimum Gasteiger partial charge on any atom is -0.465 e. The van der Waals surface area contributed by atoms with Crippen molar-refractivity contribution in [3.8, 4) is 0 Å². The van der Waals surface area contributed by atoms with Crippen molar-refractivity contribution in [2.75, 3.05) is 25.3 Å². The van der Waals surface area contributed by atoms with Crippen molar-refractivity contribution in [1.82, 2.24) is 19.3 Å². The zero-order valence-electron chi connectivity index (χ0n) is 19.1. The number of nitrogens with one attached hydrogen (secondary N) is 1. The van der Waals surface area contributed by atoms with Crippen LogP contribution in [0.2, 0.25) is 0 Å². The number of aromatic nitrogens is 4. The van der Waals surface area contributed by atoms with E-state index in [1.807, 2.05) is 34.5 Å². The van der Waals surface area contributed by atoms with Crippen molar-refractivity contribution in [1.29, 1.82) is 0 Å². The quantitative estimate of drug-likeness (QED) is 0.266. The molecule has 0 aliphatic rings. The molecule has 1 aromatic carbocycles. The molecule has 3 rings (SSSR count). The maximum absolute atomic E-state index is 12.6. The fourth-order valence-corrected chi connectivity index (χ4v) is 3.98. The first-order chi connectivity index (χ1) is 16.4. The standard InChI is InChI=1S/C23H25N5O5S/c1-5-8-28-19(13-18-7-6-9-27(18)2)25-26-23(28)34-14-20(29)24-17-11-15(21(30)32-3)10-16(12-17)22(31)33-4/h5-7,9-12H,1,8,13-14H2,2-4H3,(H,24,29). The molecule has 0 spiro atoms. The van der Waals surface area contributed by atoms with E-state index < -0.39 is 11.9 Å². The van der Waals surface area contributed by atoms with Crippen LogP contribution in [-0.4, -0.2) is 57.1 Å². The van der Waals surface area contributed by atoms with Crippen LogP contribution in [-0.2, 0) is 34.3 Å². The van der Waals surface area contributed by atoms with Gasteiger partial charge in [-0.1, -0.05) is 17.8 Å². The normalized spacial score (nSPS) is 10.6. The first kappa shape index (κ1) is 24.8. The number of aryl methyl sites for hydroxylation is 1. The van der Waals surface area contributed by atoms with Crippen molar-refractivity contribution in [3.05, 3.63) is 71.8 Å². The summed E-state index contributed by atoms with van der Waals surface area (Å²) in [6.07, 6.45) is 4.30. The number of anilines is 1. The van der Waals surface area contributed by atoms with Crippen molar-refractivity contribution in [2.24, 2.45) is 7.05 Å². The summed E-state index contributed by atoms with van der Waals surface area (Å²) in [7, 11) is 4.42. The Morgan fingerprint density at radius 1 is 1.12 bits per heavy atom. The van der Waals surface area contributed by atoms with Gasteiger partial charge in [-0.05, 0) is 30.3 Å². The van der Waals surface area contributed by atoms with Gasteiger partial charge in [0.1, 0.15) is 5.82 Å². The van der Waals surface area contributed by atoms with Gasteiger partial charge in [-0.15, -0.1) is 16.8 Å². The van der Waals surface area contributed by atoms with Gasteiger partial charge in [0, 0.05) is 37.6 Å². The lowest BCUT2D eigenvalue weighted by Crippen LogP contribution is -2.16. The van der Waals surface area contributed by atoms with E-state index in [0.717, 1.165) is 11.5 Å². The largest absolute Gasteiger partial charge is 0.465 e. The first-order valence-electron chi connectivity index (χ1n) is 10.2. The molecular weight excluding hydrogens is 458 g/mol. The maximum Gasteiger partial charge on any atom is 0.337 e. The summed E-state index contributed by atoms with van der Waals surface area (Å²) in [5.74, 6) is -0.828. The third kappa shape index (κ3) is 5.93. The van der Waals surface area contributed by atoms with E-state index in [4.69, 9.17) is 9.47 Å². The van der Waals surface area contributed by atoms with Crippen molar-refractivity contribution in [2.45, 2.75) is 18.1 Å². The van der Waals surface area contributed by atoms with Crippen molar-refractivity contribution < 1.29 is 23.9 Å². The Morgan fingerprint density at radius 2 is 1.79 bits per heavy atom. The summed E-state index contributed by atoms with van der Waals surface area (Å²) in [5, 5.41) is 11.8. The number of methoxy groups -OCH3 is 2. The number of carbonyl (C=O) groups is 3. The Morgan fingerprint density at radius 3 is 2.35 bits per heavy atom. The van der Waals surface area contributed by atoms with Crippen LogP contribution in [0.3, 0.4) is 0 Å². The van der Waals surface area contributed by atoms with E-state index in [0.29, 0.717) is 18.1 Å². The second-order valence-electron chi connectivity index (χ2n) is 7.20. The smallest absolute Gasteiger partial charge is 0.337 e. The molecule has 0 atom stereocenters. The van der Waals surface area contributed by atoms with E-state index in [1.165, 1.54) is 44.2 Å². The minimum absolute atomic E-state index is 0.0371. The van der Waals surface area contributed by atoms with E-state index >= 15 is 0 Å². The molecule has 0 saturated carbocycles. The maximum atomic E-state index is 12.6. The van der Waals surface area contributed by atoms with Gasteiger partial charge < -0.3 is 23.9 Å². The van der Waals surface area contributed by atoms with Crippen LogP contribution in [0.15, 0.2) is 54.3 Å². The van der Waals surface area contributed by atoms with Crippen LogP contribution in [0.4, 0.5) is 5.69 Å². The zero-order valence-corrected chi connectivity index (χ0v) is 19.9. The molecule has 2 aromatic heterocycles. The van der Waals surface area contributed by atoms with Crippen LogP contribution in [0.25, 0.3) is 0 Å². The van der Waals surface area contributed by atoms with Gasteiger partial charge in [0.25, 0.3) is 0 Å². The lowest BCUT2D eigenvalue weighted by atomic mass is 10.1. The Labute approximate surface area is 201 Å². The Hall–Kier alpha value is -3.86. The monoisotopic (exact) mass is 483 g/mol. The van der Waals surface area contributed by atoms with Crippen molar-refractivity contribution >= 4 is 35.3 Å². The van der Waals surface area contributed by atoms with E-state index in [9.17, 15) is 14.4 Å². The molecule has 2 heterocycles. The number of hydrogen-bond donors (Lipinski definition) is 1. The highest BCUT2D eigenvalue weighted by molar-refractivity contribution is 7.99. The zero-order chi connectivity index (χ0) is 24.7. The predicted molar refractivity (Wildman–Crippen MR) is 127 cm³/mol. The van der Waals surface area contributed by atoms with Crippen LogP contribution < -0.4 is 5.32 Å². The molecule has 11 heteroatoms. The molecule has 178 valence electrons. The average Bonchev–Trinajstić information content (AvgIpc) is 3.42. The molecule has 0 fully saturated rings. The van der Waals surface area contributed by atoms with Crippen LogP contribution in [0.5, 0.6) is 0 Å². The first-order valence-corrected chi connectivity index (χ1v) is 11.2. The fraction of sp³-hybridized carbons (Fsp3) is 0.261. The van der Waals surface area contributed by atoms with Gasteiger partial charge in [0.05, 0.1) is 31.1 Å². The summed E-state index contributed by atoms with van der Waals surface area (Å²) < 4.78 is 13.4. The van der Waals surface area contributed by atoms with Gasteiger partial charge in [-0.2, -0.15) is 0 Å². The summed E-state index contributed by atoms with van der Waals surface area (Å²) in [5.41, 5.74) is 1.58. The number of thioether (sulfide) groups is 1. The topological polar surface area (TPSA) is 117 Å². The van der Waals surface area contributed by atoms with E-state index in [1.54, 1.807) is 6.08 Å². The Bertz CT molecular complexity index is 1180. The van der Waals surface area contributed by atoms with Crippen LogP contribution in [0.1, 0.15) is 32.2 Å². The minimum atomic E-state index is -0.640. The summed E-state index contributed by atoms with van der Waals surface area (Å²) in [4.78, 5) is 36.5.